The van der Waals surface area contributed by atoms with E-state index >= 15 is 0 Å². The zero-order chi connectivity index (χ0) is 22.1. The van der Waals surface area contributed by atoms with E-state index in [-0.39, 0.29) is 18.2 Å². The van der Waals surface area contributed by atoms with Crippen LogP contribution in [0.4, 0.5) is 5.69 Å². The maximum Gasteiger partial charge on any atom is 0.331 e. The number of hydrogen-bond acceptors (Lipinski definition) is 5. The third-order valence-corrected chi connectivity index (χ3v) is 5.82. The number of fused-ring (bicyclic) bond motifs is 1. The third-order valence-electron chi connectivity index (χ3n) is 5.82. The SMILES string of the molecule is CC(=O)c1ccc(N2CCN(C(=O)Cn3c(=O)c4ccccc4n(C)c3=O)CC2)cc1. The molecular weight excluding hydrogens is 396 g/mol. The lowest BCUT2D eigenvalue weighted by Crippen LogP contribution is -2.51. The Hall–Kier alpha value is -3.68. The molecule has 0 bridgehead atoms. The highest BCUT2D eigenvalue weighted by Crippen LogP contribution is 2.18. The van der Waals surface area contributed by atoms with Gasteiger partial charge in [0.25, 0.3) is 5.56 Å². The molecule has 0 aliphatic carbocycles. The molecule has 4 rings (SSSR count). The summed E-state index contributed by atoms with van der Waals surface area (Å²) in [5.74, 6) is -0.224. The molecule has 1 saturated heterocycles. The van der Waals surface area contributed by atoms with Crippen molar-refractivity contribution in [1.29, 1.82) is 0 Å². The van der Waals surface area contributed by atoms with Crippen LogP contribution in [0.15, 0.2) is 58.1 Å². The van der Waals surface area contributed by atoms with Gasteiger partial charge in [0.05, 0.1) is 10.9 Å². The summed E-state index contributed by atoms with van der Waals surface area (Å²) in [6.45, 7) is 3.52. The molecule has 0 atom stereocenters. The zero-order valence-corrected chi connectivity index (χ0v) is 17.6. The average molecular weight is 420 g/mol. The topological polar surface area (TPSA) is 84.6 Å². The Bertz CT molecular complexity index is 1270. The molecule has 0 unspecified atom stereocenters. The van der Waals surface area contributed by atoms with Crippen LogP contribution in [0.25, 0.3) is 10.9 Å². The maximum atomic E-state index is 12.8. The predicted octanol–water partition coefficient (Wildman–Crippen LogP) is 1.25. The molecular formula is C23H24N4O4. The largest absolute Gasteiger partial charge is 0.368 e. The molecule has 0 spiro atoms. The second-order valence-electron chi connectivity index (χ2n) is 7.72. The molecule has 1 aromatic heterocycles. The minimum atomic E-state index is -0.499. The number of nitrogens with zero attached hydrogens (tertiary/aromatic N) is 4. The van der Waals surface area contributed by atoms with Crippen molar-refractivity contribution in [3.8, 4) is 0 Å². The minimum absolute atomic E-state index is 0.0250. The summed E-state index contributed by atoms with van der Waals surface area (Å²) in [6.07, 6.45) is 0. The molecule has 160 valence electrons. The summed E-state index contributed by atoms with van der Waals surface area (Å²) in [6, 6.07) is 14.3. The lowest BCUT2D eigenvalue weighted by Gasteiger charge is -2.36. The van der Waals surface area contributed by atoms with Gasteiger partial charge in [0, 0.05) is 44.5 Å². The quantitative estimate of drug-likeness (QED) is 0.593. The Kier molecular flexibility index (Phi) is 5.46. The van der Waals surface area contributed by atoms with Crippen LogP contribution in [0.5, 0.6) is 0 Å². The highest BCUT2D eigenvalue weighted by Gasteiger charge is 2.23. The van der Waals surface area contributed by atoms with Crippen molar-refractivity contribution in [1.82, 2.24) is 14.0 Å². The highest BCUT2D eigenvalue weighted by molar-refractivity contribution is 5.94. The fourth-order valence-corrected chi connectivity index (χ4v) is 3.96. The van der Waals surface area contributed by atoms with E-state index in [0.717, 1.165) is 10.3 Å². The van der Waals surface area contributed by atoms with Gasteiger partial charge in [0.15, 0.2) is 5.78 Å². The summed E-state index contributed by atoms with van der Waals surface area (Å²) in [4.78, 5) is 53.5. The molecule has 8 nitrogen and oxygen atoms in total. The number of aryl methyl sites for hydroxylation is 1. The number of hydrogen-bond donors (Lipinski definition) is 0. The fourth-order valence-electron chi connectivity index (χ4n) is 3.96. The summed E-state index contributed by atoms with van der Waals surface area (Å²) >= 11 is 0. The van der Waals surface area contributed by atoms with Crippen molar-refractivity contribution in [2.24, 2.45) is 7.05 Å². The van der Waals surface area contributed by atoms with Crippen LogP contribution >= 0.6 is 0 Å². The van der Waals surface area contributed by atoms with Gasteiger partial charge < -0.3 is 9.80 Å². The van der Waals surface area contributed by atoms with Gasteiger partial charge in [0.1, 0.15) is 6.54 Å². The molecule has 1 amide bonds. The Morgan fingerprint density at radius 2 is 1.55 bits per heavy atom. The standard InChI is InChI=1S/C23H24N4O4/c1-16(28)17-7-9-18(10-8-17)25-11-13-26(14-12-25)21(29)15-27-22(30)19-5-3-4-6-20(19)24(2)23(27)31/h3-10H,11-15H2,1-2H3. The lowest BCUT2D eigenvalue weighted by atomic mass is 10.1. The lowest BCUT2D eigenvalue weighted by molar-refractivity contribution is -0.132. The summed E-state index contributed by atoms with van der Waals surface area (Å²) in [7, 11) is 1.60. The van der Waals surface area contributed by atoms with Crippen molar-refractivity contribution < 1.29 is 9.59 Å². The minimum Gasteiger partial charge on any atom is -0.368 e. The van der Waals surface area contributed by atoms with E-state index in [1.165, 1.54) is 11.5 Å². The molecule has 1 aliphatic rings. The van der Waals surface area contributed by atoms with Crippen LogP contribution in [0.3, 0.4) is 0 Å². The van der Waals surface area contributed by atoms with Crippen LogP contribution in [-0.4, -0.2) is 51.9 Å². The first-order valence-electron chi connectivity index (χ1n) is 10.2. The van der Waals surface area contributed by atoms with E-state index in [0.29, 0.717) is 42.6 Å². The maximum absolute atomic E-state index is 12.8. The number of ketones is 1. The van der Waals surface area contributed by atoms with E-state index in [4.69, 9.17) is 0 Å². The van der Waals surface area contributed by atoms with E-state index in [1.54, 1.807) is 48.3 Å². The van der Waals surface area contributed by atoms with Crippen molar-refractivity contribution in [3.05, 3.63) is 74.9 Å². The van der Waals surface area contributed by atoms with E-state index in [1.807, 2.05) is 12.1 Å². The number of amides is 1. The van der Waals surface area contributed by atoms with Crippen molar-refractivity contribution in [3.63, 3.8) is 0 Å². The van der Waals surface area contributed by atoms with Gasteiger partial charge in [-0.3, -0.25) is 23.5 Å². The molecule has 2 heterocycles. The van der Waals surface area contributed by atoms with Gasteiger partial charge in [0.2, 0.25) is 5.91 Å². The van der Waals surface area contributed by atoms with E-state index in [9.17, 15) is 19.2 Å². The number of carbonyl (C=O) groups is 2. The summed E-state index contributed by atoms with van der Waals surface area (Å²) < 4.78 is 2.41. The van der Waals surface area contributed by atoms with E-state index in [2.05, 4.69) is 4.90 Å². The first-order chi connectivity index (χ1) is 14.9. The number of benzene rings is 2. The molecule has 8 heteroatoms. The van der Waals surface area contributed by atoms with Gasteiger partial charge in [-0.2, -0.15) is 0 Å². The number of Topliss-reactive ketones (excluding diaryl/α,β-unsaturated/α-hetero) is 1. The van der Waals surface area contributed by atoms with E-state index < -0.39 is 11.2 Å². The second kappa shape index (κ2) is 8.22. The van der Waals surface area contributed by atoms with Crippen molar-refractivity contribution in [2.75, 3.05) is 31.1 Å². The Morgan fingerprint density at radius 1 is 0.903 bits per heavy atom. The number of para-hydroxylation sites is 1. The third kappa shape index (κ3) is 3.88. The Morgan fingerprint density at radius 3 is 2.19 bits per heavy atom. The first kappa shape index (κ1) is 20.6. The molecule has 0 radical (unpaired) electrons. The number of aromatic nitrogens is 2. The summed E-state index contributed by atoms with van der Waals surface area (Å²) in [5, 5.41) is 0.413. The van der Waals surface area contributed by atoms with Crippen LogP contribution in [0.1, 0.15) is 17.3 Å². The number of piperazine rings is 1. The number of rotatable bonds is 4. The number of carbonyl (C=O) groups excluding carboxylic acids is 2. The fraction of sp³-hybridized carbons (Fsp3) is 0.304. The zero-order valence-electron chi connectivity index (χ0n) is 17.6. The second-order valence-corrected chi connectivity index (χ2v) is 7.72. The first-order valence-corrected chi connectivity index (χ1v) is 10.2. The van der Waals surface area contributed by atoms with Crippen molar-refractivity contribution in [2.45, 2.75) is 13.5 Å². The molecule has 3 aromatic rings. The van der Waals surface area contributed by atoms with Crippen LogP contribution in [0.2, 0.25) is 0 Å². The van der Waals surface area contributed by atoms with Crippen molar-refractivity contribution >= 4 is 28.3 Å². The number of anilines is 1. The summed E-state index contributed by atoms with van der Waals surface area (Å²) in [5.41, 5.74) is 1.26. The molecule has 1 fully saturated rings. The monoisotopic (exact) mass is 420 g/mol. The van der Waals surface area contributed by atoms with Gasteiger partial charge in [-0.05, 0) is 43.3 Å². The van der Waals surface area contributed by atoms with Gasteiger partial charge in [-0.15, -0.1) is 0 Å². The van der Waals surface area contributed by atoms with Crippen LogP contribution in [0, 0.1) is 0 Å². The average Bonchev–Trinajstić information content (AvgIpc) is 2.80. The predicted molar refractivity (Wildman–Crippen MR) is 119 cm³/mol. The molecule has 1 aliphatic heterocycles. The van der Waals surface area contributed by atoms with Gasteiger partial charge >= 0.3 is 5.69 Å². The molecule has 0 saturated carbocycles. The molecule has 0 N–H and O–H groups in total. The van der Waals surface area contributed by atoms with Gasteiger partial charge in [-0.25, -0.2) is 4.79 Å². The van der Waals surface area contributed by atoms with Gasteiger partial charge in [-0.1, -0.05) is 12.1 Å². The smallest absolute Gasteiger partial charge is 0.331 e. The highest BCUT2D eigenvalue weighted by atomic mass is 16.2. The molecule has 2 aromatic carbocycles. The Balaban J connectivity index is 1.47. The molecule has 31 heavy (non-hydrogen) atoms. The van der Waals surface area contributed by atoms with Crippen LogP contribution in [-0.2, 0) is 18.4 Å². The van der Waals surface area contributed by atoms with Crippen LogP contribution < -0.4 is 16.1 Å². The Labute approximate surface area is 178 Å². The normalized spacial score (nSPS) is 14.1.